The molecule has 3 heterocycles. The van der Waals surface area contributed by atoms with E-state index in [-0.39, 0.29) is 63.9 Å². The molecule has 1 saturated heterocycles. The summed E-state index contributed by atoms with van der Waals surface area (Å²) in [6.07, 6.45) is -3.42. The molecule has 1 amide bonds. The zero-order valence-corrected chi connectivity index (χ0v) is 21.7. The highest BCUT2D eigenvalue weighted by molar-refractivity contribution is 7.91. The normalized spacial score (nSPS) is 16.5. The van der Waals surface area contributed by atoms with E-state index in [1.807, 2.05) is 0 Å². The Kier molecular flexibility index (Phi) is 7.16. The number of carbonyl (C=O) groups excluding carboxylic acids is 1. The third-order valence-electron chi connectivity index (χ3n) is 6.02. The van der Waals surface area contributed by atoms with E-state index >= 15 is 0 Å². The number of alkyl halides is 3. The van der Waals surface area contributed by atoms with Gasteiger partial charge < -0.3 is 25.0 Å². The lowest BCUT2D eigenvalue weighted by atomic mass is 10.1. The Morgan fingerprint density at radius 1 is 1.13 bits per heavy atom. The van der Waals surface area contributed by atoms with Crippen LogP contribution in [0.15, 0.2) is 42.7 Å². The number of nitrogens with one attached hydrogen (secondary N) is 2. The van der Waals surface area contributed by atoms with Crippen LogP contribution in [0.3, 0.4) is 0 Å². The first-order valence-electron chi connectivity index (χ1n) is 11.7. The second-order valence-electron chi connectivity index (χ2n) is 8.74. The van der Waals surface area contributed by atoms with E-state index < -0.39 is 27.5 Å². The average Bonchev–Trinajstić information content (AvgIpc) is 2.89. The molecule has 0 unspecified atom stereocenters. The summed E-state index contributed by atoms with van der Waals surface area (Å²) in [4.78, 5) is 22.7. The van der Waals surface area contributed by atoms with Crippen LogP contribution >= 0.6 is 11.6 Å². The molecule has 0 radical (unpaired) electrons. The highest BCUT2D eigenvalue weighted by Crippen LogP contribution is 2.39. The van der Waals surface area contributed by atoms with Gasteiger partial charge in [0.1, 0.15) is 18.7 Å². The van der Waals surface area contributed by atoms with Crippen LogP contribution in [0.5, 0.6) is 17.4 Å². The molecule has 1 fully saturated rings. The Morgan fingerprint density at radius 3 is 2.64 bits per heavy atom. The van der Waals surface area contributed by atoms with Crippen LogP contribution in [-0.2, 0) is 16.0 Å². The van der Waals surface area contributed by atoms with Gasteiger partial charge >= 0.3 is 6.18 Å². The fraction of sp³-hybridized carbons (Fsp3) is 0.292. The van der Waals surface area contributed by atoms with E-state index in [0.29, 0.717) is 19.0 Å². The second kappa shape index (κ2) is 10.4. The molecule has 39 heavy (non-hydrogen) atoms. The number of benzene rings is 2. The van der Waals surface area contributed by atoms with Gasteiger partial charge in [-0.1, -0.05) is 11.6 Å². The van der Waals surface area contributed by atoms with Crippen LogP contribution in [-0.4, -0.2) is 62.0 Å². The van der Waals surface area contributed by atoms with Crippen molar-refractivity contribution in [2.24, 2.45) is 0 Å². The van der Waals surface area contributed by atoms with Crippen molar-refractivity contribution < 1.29 is 35.9 Å². The van der Waals surface area contributed by atoms with Crippen molar-refractivity contribution in [3.63, 3.8) is 0 Å². The van der Waals surface area contributed by atoms with Crippen LogP contribution < -0.4 is 25.0 Å². The van der Waals surface area contributed by atoms with E-state index in [2.05, 4.69) is 20.6 Å². The quantitative estimate of drug-likeness (QED) is 0.454. The highest BCUT2D eigenvalue weighted by atomic mass is 35.5. The van der Waals surface area contributed by atoms with Crippen molar-refractivity contribution in [1.29, 1.82) is 0 Å². The molecule has 0 bridgehead atoms. The molecule has 0 saturated carbocycles. The number of halogens is 4. The Labute approximate surface area is 226 Å². The highest BCUT2D eigenvalue weighted by Gasteiger charge is 2.33. The topological polar surface area (TPSA) is 123 Å². The van der Waals surface area contributed by atoms with Gasteiger partial charge in [-0.15, -0.1) is 0 Å². The Morgan fingerprint density at radius 2 is 1.90 bits per heavy atom. The standard InChI is InChI=1S/C24H21ClF3N5O5S/c25-18-2-1-14(9-19(18)38-23-20-21(30-13-31-23)29-3-6-37-20)22(34)32-16-10-15(24(26,27)28)11-17(12-16)33-4-7-39(35,36)8-5-33/h1-2,9-13H,3-8H2,(H,32,34)(H,29,30,31). The predicted octanol–water partition coefficient (Wildman–Crippen LogP) is 4.23. The second-order valence-corrected chi connectivity index (χ2v) is 11.4. The fourth-order valence-corrected chi connectivity index (χ4v) is 5.40. The van der Waals surface area contributed by atoms with Crippen LogP contribution in [0, 0.1) is 0 Å². The maximum atomic E-state index is 13.6. The molecule has 0 aliphatic carbocycles. The first-order valence-corrected chi connectivity index (χ1v) is 13.9. The minimum atomic E-state index is -4.69. The van der Waals surface area contributed by atoms with E-state index in [0.717, 1.165) is 12.1 Å². The van der Waals surface area contributed by atoms with E-state index in [1.54, 1.807) is 4.90 Å². The first-order chi connectivity index (χ1) is 18.5. The summed E-state index contributed by atoms with van der Waals surface area (Å²) in [5, 5.41) is 5.68. The number of nitrogens with zero attached hydrogens (tertiary/aromatic N) is 3. The third-order valence-corrected chi connectivity index (χ3v) is 7.95. The van der Waals surface area contributed by atoms with Gasteiger partial charge in [-0.3, -0.25) is 4.79 Å². The zero-order valence-electron chi connectivity index (χ0n) is 20.1. The largest absolute Gasteiger partial charge is 0.483 e. The molecule has 0 atom stereocenters. The number of aromatic nitrogens is 2. The molecule has 10 nitrogen and oxygen atoms in total. The van der Waals surface area contributed by atoms with Crippen molar-refractivity contribution in [3.8, 4) is 17.4 Å². The van der Waals surface area contributed by atoms with Crippen molar-refractivity contribution in [1.82, 2.24) is 9.97 Å². The maximum Gasteiger partial charge on any atom is 0.416 e. The number of hydrogen-bond donors (Lipinski definition) is 2. The van der Waals surface area contributed by atoms with E-state index in [4.69, 9.17) is 21.1 Å². The predicted molar refractivity (Wildman–Crippen MR) is 138 cm³/mol. The van der Waals surface area contributed by atoms with Crippen LogP contribution in [0.2, 0.25) is 5.02 Å². The lowest BCUT2D eigenvalue weighted by molar-refractivity contribution is -0.137. The van der Waals surface area contributed by atoms with Gasteiger partial charge in [-0.2, -0.15) is 18.2 Å². The van der Waals surface area contributed by atoms with Gasteiger partial charge in [0.2, 0.25) is 5.75 Å². The van der Waals surface area contributed by atoms with E-state index in [1.165, 1.54) is 30.6 Å². The number of ether oxygens (including phenoxy) is 2. The molecule has 2 aliphatic rings. The summed E-state index contributed by atoms with van der Waals surface area (Å²) < 4.78 is 75.8. The summed E-state index contributed by atoms with van der Waals surface area (Å²) in [7, 11) is -3.24. The van der Waals surface area contributed by atoms with Crippen molar-refractivity contribution in [2.75, 3.05) is 53.3 Å². The minimum Gasteiger partial charge on any atom is -0.483 e. The third kappa shape index (κ3) is 6.11. The van der Waals surface area contributed by atoms with Crippen LogP contribution in [0.4, 0.5) is 30.4 Å². The van der Waals surface area contributed by atoms with Gasteiger partial charge in [0.05, 0.1) is 28.6 Å². The SMILES string of the molecule is O=C(Nc1cc(N2CCS(=O)(=O)CC2)cc(C(F)(F)F)c1)c1ccc(Cl)c(Oc2ncnc3c2OCCN3)c1. The minimum absolute atomic E-state index is 0.0426. The number of carbonyl (C=O) groups is 1. The average molecular weight is 584 g/mol. The molecule has 1 aromatic heterocycles. The smallest absolute Gasteiger partial charge is 0.416 e. The molecule has 0 spiro atoms. The molecule has 5 rings (SSSR count). The van der Waals surface area contributed by atoms with Crippen LogP contribution in [0.1, 0.15) is 15.9 Å². The number of fused-ring (bicyclic) bond motifs is 1. The van der Waals surface area contributed by atoms with Gasteiger partial charge in [0.15, 0.2) is 15.7 Å². The molecule has 2 aliphatic heterocycles. The van der Waals surface area contributed by atoms with Gasteiger partial charge in [0, 0.05) is 30.0 Å². The molecule has 15 heteroatoms. The number of amides is 1. The summed E-state index contributed by atoms with van der Waals surface area (Å²) in [6.45, 7) is 0.995. The monoisotopic (exact) mass is 583 g/mol. The summed E-state index contributed by atoms with van der Waals surface area (Å²) in [6, 6.07) is 7.24. The summed E-state index contributed by atoms with van der Waals surface area (Å²) >= 11 is 6.26. The molecule has 2 N–H and O–H groups in total. The zero-order chi connectivity index (χ0) is 27.8. The molecular formula is C24H21ClF3N5O5S. The number of sulfone groups is 1. The molecule has 206 valence electrons. The van der Waals surface area contributed by atoms with Crippen molar-refractivity contribution in [2.45, 2.75) is 6.18 Å². The molecule has 2 aromatic carbocycles. The van der Waals surface area contributed by atoms with Crippen molar-refractivity contribution >= 4 is 44.5 Å². The Bertz CT molecular complexity index is 1520. The molecule has 3 aromatic rings. The van der Waals surface area contributed by atoms with E-state index in [9.17, 15) is 26.4 Å². The fourth-order valence-electron chi connectivity index (χ4n) is 4.04. The number of rotatable bonds is 5. The lowest BCUT2D eigenvalue weighted by Gasteiger charge is -2.29. The van der Waals surface area contributed by atoms with Gasteiger partial charge in [-0.25, -0.2) is 13.4 Å². The van der Waals surface area contributed by atoms with Gasteiger partial charge in [0.25, 0.3) is 11.8 Å². The molecular weight excluding hydrogens is 563 g/mol. The Hall–Kier alpha value is -3.78. The summed E-state index contributed by atoms with van der Waals surface area (Å²) in [5.74, 6) is -0.216. The number of hydrogen-bond acceptors (Lipinski definition) is 9. The summed E-state index contributed by atoms with van der Waals surface area (Å²) in [5.41, 5.74) is -0.886. The maximum absolute atomic E-state index is 13.6. The number of anilines is 3. The van der Waals surface area contributed by atoms with Gasteiger partial charge in [-0.05, 0) is 36.4 Å². The first kappa shape index (κ1) is 26.8. The van der Waals surface area contributed by atoms with Crippen molar-refractivity contribution in [3.05, 3.63) is 58.9 Å². The van der Waals surface area contributed by atoms with Crippen LogP contribution in [0.25, 0.3) is 0 Å². The Balaban J connectivity index is 1.40. The lowest BCUT2D eigenvalue weighted by Crippen LogP contribution is -2.40.